The maximum Gasteiger partial charge on any atom is 0.230 e. The monoisotopic (exact) mass is 337 g/mol. The molecule has 2 aromatic carbocycles. The van der Waals surface area contributed by atoms with Crippen molar-refractivity contribution < 1.29 is 9.59 Å². The standard InChI is InChI=1S/C20H23N3O2/c21-11-13-23(12-10-15-6-2-1-3-7-15)20(25)17-14-19(24)22-18-9-5-4-8-16(17)18/h1-9,17H,10-14,21H2,(H,22,24). The van der Waals surface area contributed by atoms with Crippen LogP contribution in [0.4, 0.5) is 5.69 Å². The Morgan fingerprint density at radius 2 is 1.80 bits per heavy atom. The number of amides is 2. The first-order valence-electron chi connectivity index (χ1n) is 8.60. The van der Waals surface area contributed by atoms with Gasteiger partial charge in [0.25, 0.3) is 0 Å². The molecule has 0 saturated carbocycles. The highest BCUT2D eigenvalue weighted by molar-refractivity contribution is 6.01. The minimum atomic E-state index is -0.438. The van der Waals surface area contributed by atoms with Gasteiger partial charge in [-0.1, -0.05) is 48.5 Å². The number of nitrogens with zero attached hydrogens (tertiary/aromatic N) is 1. The summed E-state index contributed by atoms with van der Waals surface area (Å²) in [6.07, 6.45) is 0.954. The van der Waals surface area contributed by atoms with E-state index in [1.807, 2.05) is 42.5 Å². The Labute approximate surface area is 147 Å². The van der Waals surface area contributed by atoms with Crippen molar-refractivity contribution >= 4 is 17.5 Å². The maximum atomic E-state index is 13.1. The van der Waals surface area contributed by atoms with Crippen LogP contribution in [0.25, 0.3) is 0 Å². The molecule has 2 amide bonds. The van der Waals surface area contributed by atoms with E-state index in [-0.39, 0.29) is 18.2 Å². The molecule has 1 aliphatic rings. The van der Waals surface area contributed by atoms with E-state index in [1.165, 1.54) is 5.56 Å². The van der Waals surface area contributed by atoms with E-state index >= 15 is 0 Å². The number of benzene rings is 2. The zero-order chi connectivity index (χ0) is 17.6. The Bertz CT molecular complexity index is 746. The average Bonchev–Trinajstić information content (AvgIpc) is 2.64. The van der Waals surface area contributed by atoms with Gasteiger partial charge in [0.05, 0.1) is 5.92 Å². The molecule has 3 N–H and O–H groups in total. The lowest BCUT2D eigenvalue weighted by Crippen LogP contribution is -2.42. The van der Waals surface area contributed by atoms with Gasteiger partial charge in [-0.3, -0.25) is 9.59 Å². The van der Waals surface area contributed by atoms with Crippen LogP contribution in [-0.4, -0.2) is 36.3 Å². The van der Waals surface area contributed by atoms with Crippen molar-refractivity contribution in [1.29, 1.82) is 0 Å². The number of anilines is 1. The topological polar surface area (TPSA) is 75.4 Å². The molecule has 1 unspecified atom stereocenters. The molecule has 25 heavy (non-hydrogen) atoms. The van der Waals surface area contributed by atoms with E-state index in [4.69, 9.17) is 5.73 Å². The summed E-state index contributed by atoms with van der Waals surface area (Å²) < 4.78 is 0. The molecule has 1 aliphatic heterocycles. The van der Waals surface area contributed by atoms with Gasteiger partial charge in [-0.2, -0.15) is 0 Å². The molecule has 3 rings (SSSR count). The molecule has 0 radical (unpaired) electrons. The maximum absolute atomic E-state index is 13.1. The van der Waals surface area contributed by atoms with Gasteiger partial charge < -0.3 is 16.0 Å². The molecular formula is C20H23N3O2. The van der Waals surface area contributed by atoms with Gasteiger partial charge in [-0.25, -0.2) is 0 Å². The van der Waals surface area contributed by atoms with E-state index in [0.717, 1.165) is 17.7 Å². The number of para-hydroxylation sites is 1. The summed E-state index contributed by atoms with van der Waals surface area (Å²) in [6.45, 7) is 1.49. The highest BCUT2D eigenvalue weighted by Crippen LogP contribution is 2.33. The van der Waals surface area contributed by atoms with Crippen LogP contribution in [0.3, 0.4) is 0 Å². The Morgan fingerprint density at radius 3 is 2.56 bits per heavy atom. The fourth-order valence-electron chi connectivity index (χ4n) is 3.25. The molecule has 5 nitrogen and oxygen atoms in total. The largest absolute Gasteiger partial charge is 0.341 e. The summed E-state index contributed by atoms with van der Waals surface area (Å²) in [4.78, 5) is 26.9. The summed E-state index contributed by atoms with van der Waals surface area (Å²) in [5.41, 5.74) is 8.51. The first kappa shape index (κ1) is 17.2. The van der Waals surface area contributed by atoms with Crippen LogP contribution >= 0.6 is 0 Å². The van der Waals surface area contributed by atoms with Crippen LogP contribution in [0.15, 0.2) is 54.6 Å². The molecule has 1 atom stereocenters. The predicted molar refractivity (Wildman–Crippen MR) is 98.2 cm³/mol. The second kappa shape index (κ2) is 7.94. The molecule has 0 saturated heterocycles. The summed E-state index contributed by atoms with van der Waals surface area (Å²) in [5, 5.41) is 2.84. The summed E-state index contributed by atoms with van der Waals surface area (Å²) >= 11 is 0. The van der Waals surface area contributed by atoms with E-state index in [0.29, 0.717) is 19.6 Å². The molecule has 2 aromatic rings. The number of carbonyl (C=O) groups is 2. The number of rotatable bonds is 6. The van der Waals surface area contributed by atoms with Crippen LogP contribution in [0.5, 0.6) is 0 Å². The molecule has 0 aromatic heterocycles. The minimum Gasteiger partial charge on any atom is -0.341 e. The second-order valence-corrected chi connectivity index (χ2v) is 6.24. The van der Waals surface area contributed by atoms with Crippen LogP contribution in [0.1, 0.15) is 23.5 Å². The molecule has 130 valence electrons. The lowest BCUT2D eigenvalue weighted by molar-refractivity contribution is -0.134. The highest BCUT2D eigenvalue weighted by Gasteiger charge is 2.32. The SMILES string of the molecule is NCCN(CCc1ccccc1)C(=O)C1CC(=O)Nc2ccccc21. The van der Waals surface area contributed by atoms with Gasteiger partial charge in [0, 0.05) is 31.7 Å². The smallest absolute Gasteiger partial charge is 0.230 e. The van der Waals surface area contributed by atoms with Crippen molar-refractivity contribution in [1.82, 2.24) is 4.90 Å². The molecular weight excluding hydrogens is 314 g/mol. The van der Waals surface area contributed by atoms with E-state index < -0.39 is 5.92 Å². The zero-order valence-corrected chi connectivity index (χ0v) is 14.2. The van der Waals surface area contributed by atoms with Gasteiger partial charge in [0.15, 0.2) is 0 Å². The van der Waals surface area contributed by atoms with Crippen LogP contribution in [-0.2, 0) is 16.0 Å². The minimum absolute atomic E-state index is 0.0244. The first-order chi connectivity index (χ1) is 12.2. The normalized spacial score (nSPS) is 16.0. The number of nitrogens with one attached hydrogen (secondary N) is 1. The molecule has 0 fully saturated rings. The van der Waals surface area contributed by atoms with Crippen molar-refractivity contribution in [3.8, 4) is 0 Å². The summed E-state index contributed by atoms with van der Waals surface area (Å²) in [6, 6.07) is 17.6. The second-order valence-electron chi connectivity index (χ2n) is 6.24. The molecule has 0 bridgehead atoms. The van der Waals surface area contributed by atoms with E-state index in [2.05, 4.69) is 17.4 Å². The fourth-order valence-corrected chi connectivity index (χ4v) is 3.25. The molecule has 0 spiro atoms. The summed E-state index contributed by atoms with van der Waals surface area (Å²) in [5.74, 6) is -0.580. The highest BCUT2D eigenvalue weighted by atomic mass is 16.2. The van der Waals surface area contributed by atoms with Crippen molar-refractivity contribution in [2.24, 2.45) is 5.73 Å². The van der Waals surface area contributed by atoms with Crippen LogP contribution < -0.4 is 11.1 Å². The number of nitrogens with two attached hydrogens (primary N) is 1. The van der Waals surface area contributed by atoms with Crippen LogP contribution in [0.2, 0.25) is 0 Å². The number of hydrogen-bond acceptors (Lipinski definition) is 3. The van der Waals surface area contributed by atoms with Gasteiger partial charge >= 0.3 is 0 Å². The number of carbonyl (C=O) groups excluding carboxylic acids is 2. The van der Waals surface area contributed by atoms with E-state index in [9.17, 15) is 9.59 Å². The third-order valence-electron chi connectivity index (χ3n) is 4.52. The quantitative estimate of drug-likeness (QED) is 0.848. The summed E-state index contributed by atoms with van der Waals surface area (Å²) in [7, 11) is 0. The molecule has 0 aliphatic carbocycles. The van der Waals surface area contributed by atoms with Gasteiger partial charge in [0.1, 0.15) is 0 Å². The van der Waals surface area contributed by atoms with E-state index in [1.54, 1.807) is 4.90 Å². The van der Waals surface area contributed by atoms with Crippen molar-refractivity contribution in [3.63, 3.8) is 0 Å². The van der Waals surface area contributed by atoms with Gasteiger partial charge in [0.2, 0.25) is 11.8 Å². The number of hydrogen-bond donors (Lipinski definition) is 2. The Hall–Kier alpha value is -2.66. The Balaban J connectivity index is 1.77. The number of fused-ring (bicyclic) bond motifs is 1. The fraction of sp³-hybridized carbons (Fsp3) is 0.300. The molecule has 5 heteroatoms. The third kappa shape index (κ3) is 4.06. The zero-order valence-electron chi connectivity index (χ0n) is 14.2. The Morgan fingerprint density at radius 1 is 1.08 bits per heavy atom. The van der Waals surface area contributed by atoms with Crippen LogP contribution in [0, 0.1) is 0 Å². The first-order valence-corrected chi connectivity index (χ1v) is 8.60. The average molecular weight is 337 g/mol. The molecule has 1 heterocycles. The predicted octanol–water partition coefficient (Wildman–Crippen LogP) is 2.14. The third-order valence-corrected chi connectivity index (χ3v) is 4.52. The van der Waals surface area contributed by atoms with Crippen molar-refractivity contribution in [3.05, 3.63) is 65.7 Å². The van der Waals surface area contributed by atoms with Crippen molar-refractivity contribution in [2.75, 3.05) is 25.0 Å². The lowest BCUT2D eigenvalue weighted by atomic mass is 9.89. The Kier molecular flexibility index (Phi) is 5.46. The van der Waals surface area contributed by atoms with Gasteiger partial charge in [-0.05, 0) is 23.6 Å². The van der Waals surface area contributed by atoms with Gasteiger partial charge in [-0.15, -0.1) is 0 Å². The lowest BCUT2D eigenvalue weighted by Gasteiger charge is -2.30. The van der Waals surface area contributed by atoms with Crippen molar-refractivity contribution in [2.45, 2.75) is 18.8 Å².